The second kappa shape index (κ2) is 18.5. The molecule has 0 saturated carbocycles. The fourth-order valence-electron chi connectivity index (χ4n) is 4.42. The maximum absolute atomic E-state index is 13.5. The van der Waals surface area contributed by atoms with Crippen LogP contribution >= 0.6 is 0 Å². The number of nitrogens with zero attached hydrogens (tertiary/aromatic N) is 2. The van der Waals surface area contributed by atoms with E-state index in [1.807, 2.05) is 111 Å². The molecule has 0 fully saturated rings. The van der Waals surface area contributed by atoms with Crippen LogP contribution in [0.5, 0.6) is 11.5 Å². The number of aldehydes is 1. The summed E-state index contributed by atoms with van der Waals surface area (Å²) in [5, 5.41) is 10.3. The van der Waals surface area contributed by atoms with E-state index in [9.17, 15) is 14.4 Å². The van der Waals surface area contributed by atoms with Crippen LogP contribution in [0.4, 0.5) is 0 Å². The highest BCUT2D eigenvalue weighted by Crippen LogP contribution is 2.25. The third-order valence-corrected chi connectivity index (χ3v) is 6.50. The maximum Gasteiger partial charge on any atom is 0.284 e. The van der Waals surface area contributed by atoms with Crippen molar-refractivity contribution in [3.63, 3.8) is 0 Å². The molecule has 1 aromatic heterocycles. The van der Waals surface area contributed by atoms with Crippen molar-refractivity contribution in [2.75, 3.05) is 19.8 Å². The van der Waals surface area contributed by atoms with Gasteiger partial charge in [0.05, 0.1) is 17.0 Å². The molecule has 45 heavy (non-hydrogen) atoms. The maximum atomic E-state index is 13.5. The Balaban J connectivity index is 0.000000707. The third-order valence-electron chi connectivity index (χ3n) is 6.50. The highest BCUT2D eigenvalue weighted by molar-refractivity contribution is 6.23. The zero-order chi connectivity index (χ0) is 32.4. The molecule has 2 N–H and O–H groups in total. The molecule has 2 aliphatic heterocycles. The first-order chi connectivity index (χ1) is 21.9. The number of allylic oxidation sites excluding steroid dienone is 4. The normalized spacial score (nSPS) is 18.0. The molecule has 1 atom stereocenters. The van der Waals surface area contributed by atoms with E-state index in [1.54, 1.807) is 11.6 Å². The molecule has 1 unspecified atom stereocenters. The van der Waals surface area contributed by atoms with E-state index in [4.69, 9.17) is 14.6 Å². The molecular formula is C36H42N4O5. The molecule has 0 aliphatic carbocycles. The van der Waals surface area contributed by atoms with Crippen molar-refractivity contribution in [3.8, 4) is 22.8 Å². The average Bonchev–Trinajstić information content (AvgIpc) is 3.53. The van der Waals surface area contributed by atoms with Crippen molar-refractivity contribution < 1.29 is 23.9 Å². The Labute approximate surface area is 265 Å². The number of ether oxygens (including phenoxy) is 2. The van der Waals surface area contributed by atoms with Gasteiger partial charge in [-0.2, -0.15) is 5.10 Å². The summed E-state index contributed by atoms with van der Waals surface area (Å²) >= 11 is 0. The van der Waals surface area contributed by atoms with Crippen molar-refractivity contribution >= 4 is 23.8 Å². The Morgan fingerprint density at radius 3 is 2.44 bits per heavy atom. The number of fused-ring (bicyclic) bond motifs is 11. The number of rotatable bonds is 4. The first kappa shape index (κ1) is 34.3. The van der Waals surface area contributed by atoms with Crippen molar-refractivity contribution in [2.24, 2.45) is 0 Å². The molecule has 2 amide bonds. The number of likely N-dealkylation sites (N-methyl/N-ethyl adjacent to an activating group) is 1. The number of hydrogen-bond donors (Lipinski definition) is 2. The summed E-state index contributed by atoms with van der Waals surface area (Å²) in [4.78, 5) is 33.0. The fraction of sp³-hybridized carbons (Fsp3) is 0.278. The second-order valence-electron chi connectivity index (χ2n) is 10.1. The standard InChI is InChI=1S/C32H35N3O3.C4H7NO2/c1-4-6-13-29-31(10-5-2)35-19-18-30(34-35)26-11-9-12-28(23-26)38-21-8-7-20-37-27-16-14-25(15-17-27)22-24(3)33-32(29)36;1-2-5-4(7)3-6/h4,6-19,23-24H,5,20-22H2,1-3H3,(H,33,36);3H,2H2,1H3,(H,5,7)/b6-4-,8-7+,29-13+,31-10-;. The molecule has 2 aromatic carbocycles. The molecule has 9 nitrogen and oxygen atoms in total. The van der Waals surface area contributed by atoms with Crippen LogP contribution in [0.2, 0.25) is 0 Å². The summed E-state index contributed by atoms with van der Waals surface area (Å²) < 4.78 is 13.5. The van der Waals surface area contributed by atoms with Crippen LogP contribution in [-0.4, -0.2) is 53.7 Å². The minimum absolute atomic E-state index is 0.0668. The van der Waals surface area contributed by atoms with Gasteiger partial charge in [0.1, 0.15) is 24.7 Å². The van der Waals surface area contributed by atoms with Gasteiger partial charge >= 0.3 is 0 Å². The number of amides is 2. The summed E-state index contributed by atoms with van der Waals surface area (Å²) in [5.41, 5.74) is 4.15. The third kappa shape index (κ3) is 11.1. The lowest BCUT2D eigenvalue weighted by Gasteiger charge is -2.18. The number of carbonyl (C=O) groups excluding carboxylic acids is 3. The van der Waals surface area contributed by atoms with E-state index in [1.165, 1.54) is 0 Å². The number of carbonyl (C=O) groups is 3. The Morgan fingerprint density at radius 1 is 1.07 bits per heavy atom. The van der Waals surface area contributed by atoms with Crippen LogP contribution in [0, 0.1) is 0 Å². The van der Waals surface area contributed by atoms with Crippen LogP contribution in [0.1, 0.15) is 39.7 Å². The van der Waals surface area contributed by atoms with Gasteiger partial charge in [-0.1, -0.05) is 49.4 Å². The number of nitrogens with one attached hydrogen (secondary N) is 2. The van der Waals surface area contributed by atoms with Gasteiger partial charge in [-0.25, -0.2) is 4.68 Å². The molecular weight excluding hydrogens is 568 g/mol. The van der Waals surface area contributed by atoms with Gasteiger partial charge < -0.3 is 20.1 Å². The molecule has 0 saturated heterocycles. The van der Waals surface area contributed by atoms with E-state index in [0.29, 0.717) is 31.8 Å². The van der Waals surface area contributed by atoms with Crippen molar-refractivity contribution in [2.45, 2.75) is 46.6 Å². The highest BCUT2D eigenvalue weighted by Gasteiger charge is 2.19. The summed E-state index contributed by atoms with van der Waals surface area (Å²) in [6.45, 7) is 9.16. The number of aromatic nitrogens is 2. The van der Waals surface area contributed by atoms with Gasteiger partial charge in [0.15, 0.2) is 0 Å². The lowest BCUT2D eigenvalue weighted by molar-refractivity contribution is -0.131. The Kier molecular flexibility index (Phi) is 14.1. The van der Waals surface area contributed by atoms with E-state index in [0.717, 1.165) is 40.4 Å². The lowest BCUT2D eigenvalue weighted by atomic mass is 10.1. The highest BCUT2D eigenvalue weighted by atomic mass is 16.5. The molecule has 3 aromatic rings. The van der Waals surface area contributed by atoms with Gasteiger partial charge in [-0.3, -0.25) is 14.4 Å². The first-order valence-electron chi connectivity index (χ1n) is 15.1. The average molecular weight is 611 g/mol. The van der Waals surface area contributed by atoms with Gasteiger partial charge in [-0.15, -0.1) is 0 Å². The van der Waals surface area contributed by atoms with Crippen LogP contribution in [0.3, 0.4) is 0 Å². The quantitative estimate of drug-likeness (QED) is 0.170. The van der Waals surface area contributed by atoms with E-state index in [2.05, 4.69) is 17.6 Å². The molecule has 0 spiro atoms. The summed E-state index contributed by atoms with van der Waals surface area (Å²) in [6, 6.07) is 17.7. The number of benzene rings is 2. The minimum Gasteiger partial charge on any atom is -0.490 e. The molecule has 9 heteroatoms. The van der Waals surface area contributed by atoms with Gasteiger partial charge in [0.25, 0.3) is 11.8 Å². The molecule has 236 valence electrons. The molecule has 6 bridgehead atoms. The summed E-state index contributed by atoms with van der Waals surface area (Å²) in [6.07, 6.45) is 15.2. The minimum atomic E-state index is -0.553. The first-order valence-corrected chi connectivity index (χ1v) is 15.1. The lowest BCUT2D eigenvalue weighted by Crippen LogP contribution is -2.35. The summed E-state index contributed by atoms with van der Waals surface area (Å²) in [5.74, 6) is 0.861. The Hall–Kier alpha value is -5.18. The molecule has 2 aliphatic rings. The van der Waals surface area contributed by atoms with E-state index < -0.39 is 5.91 Å². The molecule has 0 radical (unpaired) electrons. The predicted molar refractivity (Wildman–Crippen MR) is 178 cm³/mol. The largest absolute Gasteiger partial charge is 0.490 e. The van der Waals surface area contributed by atoms with Crippen molar-refractivity contribution in [1.29, 1.82) is 0 Å². The van der Waals surface area contributed by atoms with Crippen LogP contribution < -0.4 is 20.1 Å². The summed E-state index contributed by atoms with van der Waals surface area (Å²) in [7, 11) is 0. The molecule has 5 rings (SSSR count). The monoisotopic (exact) mass is 610 g/mol. The van der Waals surface area contributed by atoms with Crippen molar-refractivity contribution in [1.82, 2.24) is 20.4 Å². The van der Waals surface area contributed by atoms with Crippen LogP contribution in [0.15, 0.2) is 103 Å². The Morgan fingerprint density at radius 2 is 1.80 bits per heavy atom. The zero-order valence-corrected chi connectivity index (χ0v) is 26.4. The van der Waals surface area contributed by atoms with Crippen LogP contribution in [0.25, 0.3) is 17.0 Å². The topological polar surface area (TPSA) is 112 Å². The van der Waals surface area contributed by atoms with E-state index >= 15 is 0 Å². The SMILES string of the molecule is CCNC(=O)C=O.C\C=C/C=C1/C(=O)NC(C)Cc2ccc(cc2)OC/C=C/COc2cccc(c2)-c2ccn(n2)/C1=C\CC. The Bertz CT molecular complexity index is 1530. The smallest absolute Gasteiger partial charge is 0.284 e. The molecule has 3 heterocycles. The second-order valence-corrected chi connectivity index (χ2v) is 10.1. The van der Waals surface area contributed by atoms with E-state index in [-0.39, 0.29) is 18.2 Å². The van der Waals surface area contributed by atoms with Crippen LogP contribution in [-0.2, 0) is 20.8 Å². The van der Waals surface area contributed by atoms with Gasteiger partial charge in [0.2, 0.25) is 6.29 Å². The van der Waals surface area contributed by atoms with Gasteiger partial charge in [-0.05, 0) is 87.7 Å². The number of hydrogen-bond acceptors (Lipinski definition) is 6. The zero-order valence-electron chi connectivity index (χ0n) is 26.4. The predicted octanol–water partition coefficient (Wildman–Crippen LogP) is 5.70. The van der Waals surface area contributed by atoms with Gasteiger partial charge in [0, 0.05) is 24.3 Å². The fourth-order valence-corrected chi connectivity index (χ4v) is 4.42. The van der Waals surface area contributed by atoms with Crippen molar-refractivity contribution in [3.05, 3.63) is 108 Å².